The van der Waals surface area contributed by atoms with Crippen molar-refractivity contribution in [3.63, 3.8) is 0 Å². The van der Waals surface area contributed by atoms with Gasteiger partial charge in [0.25, 0.3) is 0 Å². The molecule has 0 aliphatic heterocycles. The van der Waals surface area contributed by atoms with Crippen molar-refractivity contribution in [2.75, 3.05) is 0 Å². The highest BCUT2D eigenvalue weighted by Gasteiger charge is 2.37. The van der Waals surface area contributed by atoms with Crippen molar-refractivity contribution in [1.82, 2.24) is 4.98 Å². The van der Waals surface area contributed by atoms with Crippen LogP contribution in [0.1, 0.15) is 48.0 Å². The fourth-order valence-electron chi connectivity index (χ4n) is 3.04. The van der Waals surface area contributed by atoms with Crippen LogP contribution >= 0.6 is 0 Å². The Kier molecular flexibility index (Phi) is 4.00. The molecule has 3 rings (SSSR count). The van der Waals surface area contributed by atoms with Crippen LogP contribution in [0.2, 0.25) is 0 Å². The van der Waals surface area contributed by atoms with Crippen molar-refractivity contribution in [2.24, 2.45) is 0 Å². The molecular formula is C18H19NO2. The Labute approximate surface area is 125 Å². The van der Waals surface area contributed by atoms with Crippen LogP contribution in [-0.4, -0.2) is 11.0 Å². The first-order chi connectivity index (χ1) is 10.3. The zero-order valence-electron chi connectivity index (χ0n) is 12.0. The van der Waals surface area contributed by atoms with Crippen molar-refractivity contribution in [2.45, 2.75) is 37.7 Å². The molecule has 0 bridgehead atoms. The summed E-state index contributed by atoms with van der Waals surface area (Å²) in [7, 11) is 0. The second kappa shape index (κ2) is 6.08. The van der Waals surface area contributed by atoms with Crippen LogP contribution in [-0.2, 0) is 10.3 Å². The maximum absolute atomic E-state index is 12.5. The minimum absolute atomic E-state index is 0.241. The first kappa shape index (κ1) is 13.8. The van der Waals surface area contributed by atoms with Crippen LogP contribution in [0.25, 0.3) is 0 Å². The summed E-state index contributed by atoms with van der Waals surface area (Å²) in [5.41, 5.74) is 1.17. The molecule has 0 radical (unpaired) electrons. The quantitative estimate of drug-likeness (QED) is 0.795. The maximum atomic E-state index is 12.5. The smallest absolute Gasteiger partial charge is 0.339 e. The second-order valence-electron chi connectivity index (χ2n) is 5.55. The minimum Gasteiger partial charge on any atom is -0.451 e. The van der Waals surface area contributed by atoms with E-state index < -0.39 is 5.60 Å². The Morgan fingerprint density at radius 1 is 0.952 bits per heavy atom. The molecule has 1 saturated carbocycles. The molecular weight excluding hydrogens is 262 g/mol. The molecule has 1 aliphatic rings. The zero-order chi connectivity index (χ0) is 14.5. The number of hydrogen-bond donors (Lipinski definition) is 0. The van der Waals surface area contributed by atoms with Crippen LogP contribution in [0.15, 0.2) is 54.9 Å². The van der Waals surface area contributed by atoms with E-state index in [1.807, 2.05) is 30.3 Å². The highest BCUT2D eigenvalue weighted by Crippen LogP contribution is 2.40. The molecule has 0 atom stereocenters. The molecule has 1 fully saturated rings. The van der Waals surface area contributed by atoms with Crippen LogP contribution in [0.4, 0.5) is 0 Å². The summed E-state index contributed by atoms with van der Waals surface area (Å²) in [6.45, 7) is 0. The molecule has 1 aromatic heterocycles. The molecule has 0 N–H and O–H groups in total. The first-order valence-corrected chi connectivity index (χ1v) is 7.49. The lowest BCUT2D eigenvalue weighted by molar-refractivity contribution is -0.0417. The van der Waals surface area contributed by atoms with Gasteiger partial charge in [-0.1, -0.05) is 24.6 Å². The normalized spacial score (nSPS) is 17.1. The summed E-state index contributed by atoms with van der Waals surface area (Å²) < 4.78 is 5.98. The van der Waals surface area contributed by atoms with Gasteiger partial charge in [-0.3, -0.25) is 4.98 Å². The molecule has 1 heterocycles. The van der Waals surface area contributed by atoms with E-state index in [1.165, 1.54) is 6.42 Å². The standard InChI is InChI=1S/C18H19NO2/c20-17(15-7-3-1-4-8-15)21-18(11-5-2-6-12-18)16-9-13-19-14-10-16/h1,3-4,7-10,13-14H,2,5-6,11-12H2. The summed E-state index contributed by atoms with van der Waals surface area (Å²) in [6, 6.07) is 13.1. The van der Waals surface area contributed by atoms with Gasteiger partial charge in [0, 0.05) is 12.4 Å². The monoisotopic (exact) mass is 281 g/mol. The van der Waals surface area contributed by atoms with E-state index in [2.05, 4.69) is 4.98 Å². The van der Waals surface area contributed by atoms with Gasteiger partial charge in [-0.15, -0.1) is 0 Å². The number of carbonyl (C=O) groups is 1. The average molecular weight is 281 g/mol. The van der Waals surface area contributed by atoms with Gasteiger partial charge in [-0.2, -0.15) is 0 Å². The van der Waals surface area contributed by atoms with Crippen LogP contribution in [0, 0.1) is 0 Å². The van der Waals surface area contributed by atoms with Crippen molar-refractivity contribution in [3.05, 3.63) is 66.0 Å². The largest absolute Gasteiger partial charge is 0.451 e. The molecule has 0 unspecified atom stereocenters. The number of carbonyl (C=O) groups excluding carboxylic acids is 1. The highest BCUT2D eigenvalue weighted by molar-refractivity contribution is 5.89. The Balaban J connectivity index is 1.88. The van der Waals surface area contributed by atoms with Crippen LogP contribution in [0.3, 0.4) is 0 Å². The summed E-state index contributed by atoms with van der Waals surface area (Å²) in [6.07, 6.45) is 8.68. The Morgan fingerprint density at radius 3 is 2.29 bits per heavy atom. The fourth-order valence-corrected chi connectivity index (χ4v) is 3.04. The number of hydrogen-bond acceptors (Lipinski definition) is 3. The summed E-state index contributed by atoms with van der Waals surface area (Å²) >= 11 is 0. The van der Waals surface area contributed by atoms with Crippen molar-refractivity contribution in [1.29, 1.82) is 0 Å². The zero-order valence-corrected chi connectivity index (χ0v) is 12.0. The summed E-state index contributed by atoms with van der Waals surface area (Å²) in [5, 5.41) is 0. The van der Waals surface area contributed by atoms with Crippen LogP contribution in [0.5, 0.6) is 0 Å². The van der Waals surface area contributed by atoms with Gasteiger partial charge in [0.1, 0.15) is 5.60 Å². The van der Waals surface area contributed by atoms with E-state index in [9.17, 15) is 4.79 Å². The Hall–Kier alpha value is -2.16. The predicted octanol–water partition coefficient (Wildman–Crippen LogP) is 4.10. The molecule has 0 spiro atoms. The van der Waals surface area contributed by atoms with Crippen molar-refractivity contribution in [3.8, 4) is 0 Å². The molecule has 0 amide bonds. The maximum Gasteiger partial charge on any atom is 0.339 e. The predicted molar refractivity (Wildman–Crippen MR) is 80.9 cm³/mol. The van der Waals surface area contributed by atoms with Gasteiger partial charge in [0.15, 0.2) is 0 Å². The first-order valence-electron chi connectivity index (χ1n) is 7.49. The van der Waals surface area contributed by atoms with Gasteiger partial charge in [-0.05, 0) is 55.5 Å². The number of benzene rings is 1. The van der Waals surface area contributed by atoms with E-state index in [0.717, 1.165) is 31.2 Å². The molecule has 1 aromatic carbocycles. The van der Waals surface area contributed by atoms with Gasteiger partial charge >= 0.3 is 5.97 Å². The molecule has 0 saturated heterocycles. The van der Waals surface area contributed by atoms with E-state index >= 15 is 0 Å². The molecule has 108 valence electrons. The number of rotatable bonds is 3. The molecule has 21 heavy (non-hydrogen) atoms. The summed E-state index contributed by atoms with van der Waals surface area (Å²) in [5.74, 6) is -0.241. The van der Waals surface area contributed by atoms with Gasteiger partial charge in [0.05, 0.1) is 5.56 Å². The minimum atomic E-state index is -0.492. The third kappa shape index (κ3) is 2.97. The van der Waals surface area contributed by atoms with Crippen molar-refractivity contribution < 1.29 is 9.53 Å². The van der Waals surface area contributed by atoms with E-state index in [1.54, 1.807) is 24.5 Å². The number of aromatic nitrogens is 1. The molecule has 1 aliphatic carbocycles. The van der Waals surface area contributed by atoms with Gasteiger partial charge < -0.3 is 4.74 Å². The Bertz CT molecular complexity index is 589. The topological polar surface area (TPSA) is 39.2 Å². The fraction of sp³-hybridized carbons (Fsp3) is 0.333. The molecule has 3 nitrogen and oxygen atoms in total. The lowest BCUT2D eigenvalue weighted by atomic mass is 9.79. The lowest BCUT2D eigenvalue weighted by Gasteiger charge is -2.37. The highest BCUT2D eigenvalue weighted by atomic mass is 16.6. The second-order valence-corrected chi connectivity index (χ2v) is 5.55. The lowest BCUT2D eigenvalue weighted by Crippen LogP contribution is -2.34. The van der Waals surface area contributed by atoms with Gasteiger partial charge in [-0.25, -0.2) is 4.79 Å². The SMILES string of the molecule is O=C(OC1(c2ccncc2)CCCCC1)c1ccccc1. The number of ether oxygens (including phenoxy) is 1. The van der Waals surface area contributed by atoms with Crippen molar-refractivity contribution >= 4 is 5.97 Å². The van der Waals surface area contributed by atoms with E-state index in [4.69, 9.17) is 4.74 Å². The van der Waals surface area contributed by atoms with E-state index in [-0.39, 0.29) is 5.97 Å². The Morgan fingerprint density at radius 2 is 1.62 bits per heavy atom. The number of esters is 1. The summed E-state index contributed by atoms with van der Waals surface area (Å²) in [4.78, 5) is 16.5. The van der Waals surface area contributed by atoms with E-state index in [0.29, 0.717) is 5.56 Å². The number of pyridine rings is 1. The third-order valence-corrected chi connectivity index (χ3v) is 4.17. The molecule has 2 aromatic rings. The average Bonchev–Trinajstić information content (AvgIpc) is 2.57. The molecule has 3 heteroatoms. The van der Waals surface area contributed by atoms with Gasteiger partial charge in [0.2, 0.25) is 0 Å². The van der Waals surface area contributed by atoms with Crippen LogP contribution < -0.4 is 0 Å². The number of nitrogens with zero attached hydrogens (tertiary/aromatic N) is 1. The third-order valence-electron chi connectivity index (χ3n) is 4.17.